The summed E-state index contributed by atoms with van der Waals surface area (Å²) in [7, 11) is 0. The number of aromatic nitrogens is 4. The van der Waals surface area contributed by atoms with Gasteiger partial charge >= 0.3 is 0 Å². The lowest BCUT2D eigenvalue weighted by molar-refractivity contribution is -0.115. The van der Waals surface area contributed by atoms with Crippen LogP contribution in [0.25, 0.3) is 27.8 Å². The number of rotatable bonds is 6. The molecule has 3 aromatic carbocycles. The first-order chi connectivity index (χ1) is 16.6. The summed E-state index contributed by atoms with van der Waals surface area (Å²) in [5, 5.41) is 14.5. The van der Waals surface area contributed by atoms with Gasteiger partial charge < -0.3 is 5.32 Å². The number of nitrogens with one attached hydrogen (secondary N) is 1. The van der Waals surface area contributed by atoms with Crippen molar-refractivity contribution in [3.8, 4) is 17.1 Å². The summed E-state index contributed by atoms with van der Waals surface area (Å²) in [5.41, 5.74) is 3.75. The Kier molecular flexibility index (Phi) is 6.10. The Morgan fingerprint density at radius 1 is 0.912 bits per heavy atom. The van der Waals surface area contributed by atoms with Gasteiger partial charge in [-0.25, -0.2) is 0 Å². The third-order valence-electron chi connectivity index (χ3n) is 5.60. The maximum atomic E-state index is 13.0. The van der Waals surface area contributed by atoms with Crippen LogP contribution in [0, 0.1) is 6.92 Å². The van der Waals surface area contributed by atoms with Gasteiger partial charge in [0.1, 0.15) is 0 Å². The van der Waals surface area contributed by atoms with Crippen LogP contribution in [-0.4, -0.2) is 30.9 Å². The number of benzene rings is 3. The first kappa shape index (κ1) is 21.9. The predicted molar refractivity (Wildman–Crippen MR) is 137 cm³/mol. The number of hydrogen-bond donors (Lipinski definition) is 1. The molecule has 0 radical (unpaired) electrons. The van der Waals surface area contributed by atoms with Gasteiger partial charge in [-0.2, -0.15) is 0 Å². The van der Waals surface area contributed by atoms with E-state index in [1.165, 1.54) is 11.8 Å². The molecule has 1 N–H and O–H groups in total. The number of carbonyl (C=O) groups is 1. The van der Waals surface area contributed by atoms with Crippen LogP contribution in [0.2, 0.25) is 0 Å². The van der Waals surface area contributed by atoms with Crippen LogP contribution >= 0.6 is 11.8 Å². The molecule has 1 atom stereocenters. The fraction of sp³-hybridized carbons (Fsp3) is 0.111. The van der Waals surface area contributed by atoms with Gasteiger partial charge in [-0.05, 0) is 60.5 Å². The smallest absolute Gasteiger partial charge is 0.237 e. The third-order valence-corrected chi connectivity index (χ3v) is 6.64. The largest absolute Gasteiger partial charge is 0.325 e. The van der Waals surface area contributed by atoms with E-state index in [9.17, 15) is 4.79 Å². The summed E-state index contributed by atoms with van der Waals surface area (Å²) >= 11 is 1.38. The van der Waals surface area contributed by atoms with Crippen molar-refractivity contribution in [1.29, 1.82) is 0 Å². The van der Waals surface area contributed by atoms with E-state index in [0.717, 1.165) is 33.3 Å². The summed E-state index contributed by atoms with van der Waals surface area (Å²) in [6, 6.07) is 25.9. The summed E-state index contributed by atoms with van der Waals surface area (Å²) in [6.45, 7) is 3.93. The normalized spacial score (nSPS) is 11.9. The minimum Gasteiger partial charge on any atom is -0.325 e. The number of anilines is 1. The summed E-state index contributed by atoms with van der Waals surface area (Å²) in [5.74, 6) is 0.617. The van der Waals surface area contributed by atoms with Gasteiger partial charge in [0.15, 0.2) is 11.0 Å². The Morgan fingerprint density at radius 3 is 2.44 bits per heavy atom. The van der Waals surface area contributed by atoms with Crippen LogP contribution in [-0.2, 0) is 4.79 Å². The van der Waals surface area contributed by atoms with E-state index in [2.05, 4.69) is 39.6 Å². The van der Waals surface area contributed by atoms with Crippen LogP contribution in [0.15, 0.2) is 96.4 Å². The molecule has 0 saturated heterocycles. The van der Waals surface area contributed by atoms with Crippen LogP contribution in [0.5, 0.6) is 0 Å². The van der Waals surface area contributed by atoms with E-state index in [1.54, 1.807) is 12.4 Å². The van der Waals surface area contributed by atoms with Crippen molar-refractivity contribution < 1.29 is 4.79 Å². The van der Waals surface area contributed by atoms with Crippen LogP contribution in [0.3, 0.4) is 0 Å². The van der Waals surface area contributed by atoms with E-state index in [0.29, 0.717) is 11.0 Å². The molecule has 0 fully saturated rings. The molecule has 6 nitrogen and oxygen atoms in total. The molecule has 2 aromatic heterocycles. The zero-order valence-corrected chi connectivity index (χ0v) is 19.7. The molecule has 5 aromatic rings. The fourth-order valence-electron chi connectivity index (χ4n) is 3.79. The number of para-hydroxylation sites is 1. The third kappa shape index (κ3) is 4.43. The van der Waals surface area contributed by atoms with Crippen molar-refractivity contribution in [3.05, 3.63) is 96.8 Å². The molecule has 1 amide bonds. The summed E-state index contributed by atoms with van der Waals surface area (Å²) in [6.07, 6.45) is 3.47. The Hall–Kier alpha value is -3.97. The first-order valence-corrected chi connectivity index (χ1v) is 11.9. The van der Waals surface area contributed by atoms with Gasteiger partial charge in [-0.15, -0.1) is 10.2 Å². The van der Waals surface area contributed by atoms with Gasteiger partial charge in [0.05, 0.1) is 10.9 Å². The van der Waals surface area contributed by atoms with Crippen molar-refractivity contribution in [2.75, 3.05) is 5.32 Å². The van der Waals surface area contributed by atoms with Crippen molar-refractivity contribution in [2.45, 2.75) is 24.3 Å². The highest BCUT2D eigenvalue weighted by atomic mass is 32.2. The SMILES string of the molecule is Cc1ccccc1-n1c(S[C@H](C)C(=O)Nc2ccc3ccccc3c2)nnc1-c1ccncc1. The molecule has 0 bridgehead atoms. The molecule has 0 aliphatic rings. The number of hydrogen-bond acceptors (Lipinski definition) is 5. The lowest BCUT2D eigenvalue weighted by atomic mass is 10.1. The molecule has 7 heteroatoms. The summed E-state index contributed by atoms with van der Waals surface area (Å²) in [4.78, 5) is 17.2. The number of aryl methyl sites for hydroxylation is 1. The standard InChI is InChI=1S/C27H23N5OS/c1-18-7-3-6-10-24(18)32-25(21-13-15-28-16-14-21)30-31-27(32)34-19(2)26(33)29-23-12-11-20-8-4-5-9-22(20)17-23/h3-17,19H,1-2H3,(H,29,33)/t19-/m1/s1. The molecule has 168 valence electrons. The monoisotopic (exact) mass is 465 g/mol. The molecule has 2 heterocycles. The Balaban J connectivity index is 1.43. The molecule has 0 spiro atoms. The maximum absolute atomic E-state index is 13.0. The molecule has 0 aliphatic heterocycles. The highest BCUT2D eigenvalue weighted by Gasteiger charge is 2.22. The molecule has 0 unspecified atom stereocenters. The number of fused-ring (bicyclic) bond motifs is 1. The lowest BCUT2D eigenvalue weighted by Gasteiger charge is -2.15. The van der Waals surface area contributed by atoms with E-state index in [-0.39, 0.29) is 11.2 Å². The quantitative estimate of drug-likeness (QED) is 0.316. The topological polar surface area (TPSA) is 72.7 Å². The van der Waals surface area contributed by atoms with Crippen LogP contribution in [0.4, 0.5) is 5.69 Å². The second-order valence-corrected chi connectivity index (χ2v) is 9.28. The Morgan fingerprint density at radius 2 is 1.65 bits per heavy atom. The van der Waals surface area contributed by atoms with Gasteiger partial charge in [0, 0.05) is 23.6 Å². The first-order valence-electron chi connectivity index (χ1n) is 11.0. The van der Waals surface area contributed by atoms with E-state index in [4.69, 9.17) is 0 Å². The molecular formula is C27H23N5OS. The Bertz CT molecular complexity index is 1460. The lowest BCUT2D eigenvalue weighted by Crippen LogP contribution is -2.23. The average molecular weight is 466 g/mol. The van der Waals surface area contributed by atoms with E-state index in [1.807, 2.05) is 78.2 Å². The molecule has 0 saturated carbocycles. The number of amides is 1. The Labute approximate surface area is 202 Å². The fourth-order valence-corrected chi connectivity index (χ4v) is 4.65. The minimum absolute atomic E-state index is 0.0925. The van der Waals surface area contributed by atoms with Gasteiger partial charge in [-0.1, -0.05) is 60.3 Å². The van der Waals surface area contributed by atoms with Gasteiger partial charge in [0.25, 0.3) is 0 Å². The number of nitrogens with zero attached hydrogens (tertiary/aromatic N) is 4. The highest BCUT2D eigenvalue weighted by Crippen LogP contribution is 2.31. The summed E-state index contributed by atoms with van der Waals surface area (Å²) < 4.78 is 2.01. The van der Waals surface area contributed by atoms with Gasteiger partial charge in [0.2, 0.25) is 5.91 Å². The van der Waals surface area contributed by atoms with Crippen LogP contribution < -0.4 is 5.32 Å². The zero-order chi connectivity index (χ0) is 23.5. The zero-order valence-electron chi connectivity index (χ0n) is 18.8. The van der Waals surface area contributed by atoms with Crippen LogP contribution in [0.1, 0.15) is 12.5 Å². The molecular weight excluding hydrogens is 442 g/mol. The number of pyridine rings is 1. The average Bonchev–Trinajstić information content (AvgIpc) is 3.28. The second-order valence-electron chi connectivity index (χ2n) is 7.98. The maximum Gasteiger partial charge on any atom is 0.237 e. The molecule has 34 heavy (non-hydrogen) atoms. The molecule has 0 aliphatic carbocycles. The number of thioether (sulfide) groups is 1. The van der Waals surface area contributed by atoms with Crippen molar-refractivity contribution >= 4 is 34.1 Å². The predicted octanol–water partition coefficient (Wildman–Crippen LogP) is 5.91. The van der Waals surface area contributed by atoms with E-state index >= 15 is 0 Å². The highest BCUT2D eigenvalue weighted by molar-refractivity contribution is 8.00. The number of carbonyl (C=O) groups excluding carboxylic acids is 1. The van der Waals surface area contributed by atoms with Gasteiger partial charge in [-0.3, -0.25) is 14.3 Å². The minimum atomic E-state index is -0.385. The second kappa shape index (κ2) is 9.49. The van der Waals surface area contributed by atoms with Crippen molar-refractivity contribution in [1.82, 2.24) is 19.7 Å². The van der Waals surface area contributed by atoms with E-state index < -0.39 is 0 Å². The van der Waals surface area contributed by atoms with Crippen molar-refractivity contribution in [2.24, 2.45) is 0 Å². The molecule has 5 rings (SSSR count). The van der Waals surface area contributed by atoms with Crippen molar-refractivity contribution in [3.63, 3.8) is 0 Å².